The fraction of sp³-hybridized carbons (Fsp3) is 0.0769. The van der Waals surface area contributed by atoms with Gasteiger partial charge < -0.3 is 5.73 Å². The Kier molecular flexibility index (Phi) is 3.18. The second-order valence-corrected chi connectivity index (χ2v) is 5.05. The van der Waals surface area contributed by atoms with Gasteiger partial charge in [0.1, 0.15) is 5.82 Å². The molecule has 3 aromatic rings. The van der Waals surface area contributed by atoms with Crippen LogP contribution in [0, 0.1) is 5.82 Å². The number of rotatable bonds is 3. The Hall–Kier alpha value is -1.92. The van der Waals surface area contributed by atoms with Crippen LogP contribution in [-0.2, 0) is 6.54 Å². The van der Waals surface area contributed by atoms with Crippen LogP contribution in [0.2, 0.25) is 0 Å². The first kappa shape index (κ1) is 12.1. The molecule has 0 saturated heterocycles. The predicted octanol–water partition coefficient (Wildman–Crippen LogP) is 2.48. The molecular formula is C13H11FN4S. The summed E-state index contributed by atoms with van der Waals surface area (Å²) >= 11 is 1.36. The zero-order valence-electron chi connectivity index (χ0n) is 9.95. The van der Waals surface area contributed by atoms with Crippen LogP contribution in [0.4, 0.5) is 4.39 Å². The maximum Gasteiger partial charge on any atom is 0.200 e. The van der Waals surface area contributed by atoms with E-state index >= 15 is 0 Å². The molecule has 0 fully saturated rings. The highest BCUT2D eigenvalue weighted by molar-refractivity contribution is 7.99. The monoisotopic (exact) mass is 274 g/mol. The molecule has 96 valence electrons. The van der Waals surface area contributed by atoms with Crippen molar-refractivity contribution in [1.29, 1.82) is 0 Å². The van der Waals surface area contributed by atoms with E-state index in [4.69, 9.17) is 5.73 Å². The molecule has 0 aliphatic carbocycles. The molecule has 2 heterocycles. The highest BCUT2D eigenvalue weighted by Gasteiger charge is 2.08. The Morgan fingerprint density at radius 3 is 2.95 bits per heavy atom. The van der Waals surface area contributed by atoms with Gasteiger partial charge in [0.05, 0.1) is 0 Å². The maximum atomic E-state index is 13.4. The van der Waals surface area contributed by atoms with Crippen LogP contribution in [0.5, 0.6) is 0 Å². The molecule has 19 heavy (non-hydrogen) atoms. The van der Waals surface area contributed by atoms with Crippen LogP contribution in [0.3, 0.4) is 0 Å². The van der Waals surface area contributed by atoms with Gasteiger partial charge in [0, 0.05) is 17.6 Å². The van der Waals surface area contributed by atoms with E-state index in [1.807, 2.05) is 34.9 Å². The number of pyridine rings is 1. The summed E-state index contributed by atoms with van der Waals surface area (Å²) < 4.78 is 15.3. The third-order valence-electron chi connectivity index (χ3n) is 2.66. The molecule has 0 bridgehead atoms. The summed E-state index contributed by atoms with van der Waals surface area (Å²) in [5.41, 5.74) is 7.07. The predicted molar refractivity (Wildman–Crippen MR) is 71.4 cm³/mol. The topological polar surface area (TPSA) is 56.2 Å². The van der Waals surface area contributed by atoms with E-state index in [9.17, 15) is 4.39 Å². The van der Waals surface area contributed by atoms with Gasteiger partial charge in [0.15, 0.2) is 10.8 Å². The number of nitrogens with zero attached hydrogens (tertiary/aromatic N) is 3. The molecule has 4 nitrogen and oxygen atoms in total. The van der Waals surface area contributed by atoms with E-state index < -0.39 is 0 Å². The summed E-state index contributed by atoms with van der Waals surface area (Å²) in [7, 11) is 0. The third-order valence-corrected chi connectivity index (χ3v) is 3.59. The Labute approximate surface area is 113 Å². The fourth-order valence-corrected chi connectivity index (χ4v) is 2.72. The van der Waals surface area contributed by atoms with Crippen molar-refractivity contribution in [2.75, 3.05) is 0 Å². The van der Waals surface area contributed by atoms with Crippen LogP contribution in [0.1, 0.15) is 5.56 Å². The molecule has 0 spiro atoms. The summed E-state index contributed by atoms with van der Waals surface area (Å²) in [5.74, 6) is -0.292. The average molecular weight is 274 g/mol. The van der Waals surface area contributed by atoms with Crippen molar-refractivity contribution >= 4 is 17.4 Å². The summed E-state index contributed by atoms with van der Waals surface area (Å²) in [6, 6.07) is 10.4. The molecule has 0 aliphatic heterocycles. The average Bonchev–Trinajstić information content (AvgIpc) is 2.82. The van der Waals surface area contributed by atoms with E-state index in [0.717, 1.165) is 16.1 Å². The number of hydrogen-bond donors (Lipinski definition) is 1. The quantitative estimate of drug-likeness (QED) is 0.797. The smallest absolute Gasteiger partial charge is 0.200 e. The van der Waals surface area contributed by atoms with Gasteiger partial charge in [0.2, 0.25) is 0 Å². The zero-order chi connectivity index (χ0) is 13.2. The summed E-state index contributed by atoms with van der Waals surface area (Å²) in [6.45, 7) is 0.311. The first-order valence-electron chi connectivity index (χ1n) is 5.73. The molecule has 0 radical (unpaired) electrons. The van der Waals surface area contributed by atoms with E-state index in [2.05, 4.69) is 10.2 Å². The van der Waals surface area contributed by atoms with Crippen molar-refractivity contribution in [3.63, 3.8) is 0 Å². The van der Waals surface area contributed by atoms with Gasteiger partial charge >= 0.3 is 0 Å². The zero-order valence-corrected chi connectivity index (χ0v) is 10.8. The van der Waals surface area contributed by atoms with Crippen molar-refractivity contribution < 1.29 is 4.39 Å². The molecule has 3 rings (SSSR count). The molecule has 2 aromatic heterocycles. The Morgan fingerprint density at radius 2 is 2.11 bits per heavy atom. The fourth-order valence-electron chi connectivity index (χ4n) is 1.79. The summed E-state index contributed by atoms with van der Waals surface area (Å²) in [6.07, 6.45) is 1.88. The maximum absolute atomic E-state index is 13.4. The van der Waals surface area contributed by atoms with Gasteiger partial charge in [-0.3, -0.25) is 4.40 Å². The van der Waals surface area contributed by atoms with E-state index in [0.29, 0.717) is 11.7 Å². The van der Waals surface area contributed by atoms with Crippen LogP contribution < -0.4 is 5.73 Å². The van der Waals surface area contributed by atoms with Crippen molar-refractivity contribution in [3.8, 4) is 0 Å². The second-order valence-electron chi connectivity index (χ2n) is 4.01. The van der Waals surface area contributed by atoms with Crippen molar-refractivity contribution in [1.82, 2.24) is 14.6 Å². The lowest BCUT2D eigenvalue weighted by Gasteiger charge is -2.03. The van der Waals surface area contributed by atoms with Gasteiger partial charge in [-0.15, -0.1) is 10.2 Å². The third kappa shape index (κ3) is 2.45. The lowest BCUT2D eigenvalue weighted by atomic mass is 10.2. The lowest BCUT2D eigenvalue weighted by molar-refractivity contribution is 0.621. The van der Waals surface area contributed by atoms with E-state index in [1.54, 1.807) is 0 Å². The second kappa shape index (κ2) is 4.99. The van der Waals surface area contributed by atoms with Gasteiger partial charge in [-0.2, -0.15) is 0 Å². The standard InChI is InChI=1S/C13H11FN4S/c14-10-5-9(8-15)6-11(7-10)19-13-17-16-12-3-1-2-4-18(12)13/h1-7H,8,15H2. The normalized spacial score (nSPS) is 11.1. The Morgan fingerprint density at radius 1 is 1.21 bits per heavy atom. The molecule has 0 saturated carbocycles. The minimum absolute atomic E-state index is 0.292. The largest absolute Gasteiger partial charge is 0.326 e. The molecule has 0 atom stereocenters. The first-order valence-corrected chi connectivity index (χ1v) is 6.55. The molecule has 0 aliphatic rings. The minimum atomic E-state index is -0.292. The number of nitrogens with two attached hydrogens (primary N) is 1. The van der Waals surface area contributed by atoms with Crippen LogP contribution in [0.15, 0.2) is 52.6 Å². The van der Waals surface area contributed by atoms with Gasteiger partial charge in [-0.25, -0.2) is 4.39 Å². The molecule has 1 aromatic carbocycles. The van der Waals surface area contributed by atoms with Gasteiger partial charge in [-0.05, 0) is 47.7 Å². The number of halogens is 1. The van der Waals surface area contributed by atoms with Gasteiger partial charge in [0.25, 0.3) is 0 Å². The van der Waals surface area contributed by atoms with Crippen LogP contribution >= 0.6 is 11.8 Å². The molecule has 0 amide bonds. The first-order chi connectivity index (χ1) is 9.26. The summed E-state index contributed by atoms with van der Waals surface area (Å²) in [4.78, 5) is 0.763. The van der Waals surface area contributed by atoms with Crippen molar-refractivity contribution in [3.05, 3.63) is 54.0 Å². The SMILES string of the molecule is NCc1cc(F)cc(Sc2nnc3ccccn23)c1. The molecule has 0 unspecified atom stereocenters. The minimum Gasteiger partial charge on any atom is -0.326 e. The number of aromatic nitrogens is 3. The van der Waals surface area contributed by atoms with Crippen molar-refractivity contribution in [2.24, 2.45) is 5.73 Å². The number of hydrogen-bond acceptors (Lipinski definition) is 4. The van der Waals surface area contributed by atoms with Gasteiger partial charge in [-0.1, -0.05) is 6.07 Å². The molecule has 2 N–H and O–H groups in total. The molecule has 6 heteroatoms. The lowest BCUT2D eigenvalue weighted by Crippen LogP contribution is -1.97. The molecular weight excluding hydrogens is 263 g/mol. The van der Waals surface area contributed by atoms with Crippen LogP contribution in [0.25, 0.3) is 5.65 Å². The van der Waals surface area contributed by atoms with Crippen LogP contribution in [-0.4, -0.2) is 14.6 Å². The number of benzene rings is 1. The van der Waals surface area contributed by atoms with E-state index in [1.165, 1.54) is 23.9 Å². The van der Waals surface area contributed by atoms with Crippen molar-refractivity contribution in [2.45, 2.75) is 16.6 Å². The Balaban J connectivity index is 1.99. The number of fused-ring (bicyclic) bond motifs is 1. The highest BCUT2D eigenvalue weighted by atomic mass is 32.2. The Bertz CT molecular complexity index is 725. The summed E-state index contributed by atoms with van der Waals surface area (Å²) in [5, 5.41) is 8.85. The van der Waals surface area contributed by atoms with E-state index in [-0.39, 0.29) is 5.82 Å². The highest BCUT2D eigenvalue weighted by Crippen LogP contribution is 2.27.